The van der Waals surface area contributed by atoms with Crippen molar-refractivity contribution in [3.05, 3.63) is 0 Å². The summed E-state index contributed by atoms with van der Waals surface area (Å²) in [7, 11) is 0. The Labute approximate surface area is 115 Å². The van der Waals surface area contributed by atoms with Gasteiger partial charge in [0.15, 0.2) is 0 Å². The van der Waals surface area contributed by atoms with Crippen LogP contribution >= 0.6 is 11.8 Å². The van der Waals surface area contributed by atoms with Gasteiger partial charge in [-0.15, -0.1) is 0 Å². The van der Waals surface area contributed by atoms with Crippen molar-refractivity contribution in [1.29, 1.82) is 0 Å². The lowest BCUT2D eigenvalue weighted by Crippen LogP contribution is -2.33. The summed E-state index contributed by atoms with van der Waals surface area (Å²) in [5, 5.41) is 0.479. The smallest absolute Gasteiger partial charge is 0.306 e. The van der Waals surface area contributed by atoms with E-state index in [9.17, 15) is 4.79 Å². The van der Waals surface area contributed by atoms with Gasteiger partial charge in [-0.25, -0.2) is 0 Å². The first-order valence-corrected chi connectivity index (χ1v) is 8.15. The highest BCUT2D eigenvalue weighted by Crippen LogP contribution is 2.57. The van der Waals surface area contributed by atoms with E-state index in [2.05, 4.69) is 20.8 Å². The summed E-state index contributed by atoms with van der Waals surface area (Å²) < 4.78 is 5.46. The van der Waals surface area contributed by atoms with Crippen molar-refractivity contribution in [2.75, 3.05) is 6.61 Å². The Morgan fingerprint density at radius 1 is 1.39 bits per heavy atom. The van der Waals surface area contributed by atoms with Gasteiger partial charge in [0.25, 0.3) is 0 Å². The Morgan fingerprint density at radius 2 is 2.11 bits per heavy atom. The summed E-state index contributed by atoms with van der Waals surface area (Å²) in [4.78, 5) is 11.7. The first kappa shape index (κ1) is 14.2. The summed E-state index contributed by atoms with van der Waals surface area (Å²) in [6, 6.07) is 0. The lowest BCUT2D eigenvalue weighted by atomic mass is 9.68. The predicted molar refractivity (Wildman–Crippen MR) is 76.7 cm³/mol. The molecule has 3 heteroatoms. The number of carbonyl (C=O) groups is 1. The Kier molecular flexibility index (Phi) is 4.30. The highest BCUT2D eigenvalue weighted by atomic mass is 32.2. The maximum atomic E-state index is 11.7. The first-order valence-electron chi connectivity index (χ1n) is 7.27. The van der Waals surface area contributed by atoms with Gasteiger partial charge in [0.05, 0.1) is 13.0 Å². The van der Waals surface area contributed by atoms with Crippen molar-refractivity contribution < 1.29 is 9.53 Å². The minimum atomic E-state index is -0.00956. The molecule has 1 aliphatic carbocycles. The zero-order chi connectivity index (χ0) is 13.3. The van der Waals surface area contributed by atoms with Crippen LogP contribution in [-0.4, -0.2) is 22.6 Å². The van der Waals surface area contributed by atoms with E-state index < -0.39 is 0 Å². The predicted octanol–water partition coefficient (Wildman–Crippen LogP) is 3.89. The van der Waals surface area contributed by atoms with E-state index in [-0.39, 0.29) is 5.97 Å². The average molecular weight is 270 g/mol. The molecule has 2 nitrogen and oxygen atoms in total. The molecule has 0 amide bonds. The number of rotatable bonds is 3. The summed E-state index contributed by atoms with van der Waals surface area (Å²) in [5.74, 6) is 2.33. The van der Waals surface area contributed by atoms with E-state index >= 15 is 0 Å². The Hall–Kier alpha value is -0.180. The maximum Gasteiger partial charge on any atom is 0.306 e. The van der Waals surface area contributed by atoms with Gasteiger partial charge in [0.2, 0.25) is 0 Å². The van der Waals surface area contributed by atoms with Crippen molar-refractivity contribution in [1.82, 2.24) is 0 Å². The molecule has 1 saturated carbocycles. The van der Waals surface area contributed by atoms with Gasteiger partial charge < -0.3 is 4.74 Å². The van der Waals surface area contributed by atoms with Crippen LogP contribution in [0.2, 0.25) is 0 Å². The Balaban J connectivity index is 2.04. The minimum Gasteiger partial charge on any atom is -0.466 e. The average Bonchev–Trinajstić information content (AvgIpc) is 2.50. The molecular formula is C15H26O2S. The van der Waals surface area contributed by atoms with E-state index in [0.717, 1.165) is 17.8 Å². The van der Waals surface area contributed by atoms with Crippen molar-refractivity contribution >= 4 is 17.7 Å². The van der Waals surface area contributed by atoms with E-state index in [4.69, 9.17) is 4.74 Å². The van der Waals surface area contributed by atoms with Gasteiger partial charge >= 0.3 is 5.97 Å². The van der Waals surface area contributed by atoms with Crippen LogP contribution in [0.1, 0.15) is 53.4 Å². The van der Waals surface area contributed by atoms with Crippen molar-refractivity contribution in [3.8, 4) is 0 Å². The summed E-state index contributed by atoms with van der Waals surface area (Å²) in [6.45, 7) is 9.46. The number of ether oxygens (including phenoxy) is 1. The monoisotopic (exact) mass is 270 g/mol. The number of thioether (sulfide) groups is 1. The normalized spacial score (nSPS) is 38.2. The number of carbonyl (C=O) groups excluding carboxylic acids is 1. The van der Waals surface area contributed by atoms with Gasteiger partial charge in [-0.05, 0) is 37.5 Å². The molecule has 0 radical (unpaired) electrons. The first-order chi connectivity index (χ1) is 8.44. The second kappa shape index (κ2) is 5.44. The van der Waals surface area contributed by atoms with E-state index in [1.165, 1.54) is 19.3 Å². The van der Waals surface area contributed by atoms with Crippen LogP contribution < -0.4 is 0 Å². The maximum absolute atomic E-state index is 11.7. The molecule has 1 heterocycles. The fourth-order valence-electron chi connectivity index (χ4n) is 3.84. The van der Waals surface area contributed by atoms with Crippen LogP contribution in [0.3, 0.4) is 0 Å². The van der Waals surface area contributed by atoms with Crippen LogP contribution in [0.5, 0.6) is 0 Å². The van der Waals surface area contributed by atoms with Crippen LogP contribution in [0, 0.1) is 17.8 Å². The van der Waals surface area contributed by atoms with Crippen molar-refractivity contribution in [2.45, 2.75) is 63.4 Å². The third kappa shape index (κ3) is 2.87. The molecule has 2 rings (SSSR count). The number of esters is 1. The highest BCUT2D eigenvalue weighted by molar-refractivity contribution is 8.01. The van der Waals surface area contributed by atoms with Crippen molar-refractivity contribution in [2.24, 2.45) is 17.8 Å². The lowest BCUT2D eigenvalue weighted by molar-refractivity contribution is -0.143. The molecule has 2 fully saturated rings. The number of fused-ring (bicyclic) bond motifs is 1. The molecule has 4 atom stereocenters. The van der Waals surface area contributed by atoms with Crippen LogP contribution in [-0.2, 0) is 9.53 Å². The van der Waals surface area contributed by atoms with Gasteiger partial charge in [-0.2, -0.15) is 11.8 Å². The van der Waals surface area contributed by atoms with Gasteiger partial charge in [-0.3, -0.25) is 4.79 Å². The SMILES string of the molecule is CCOC(=O)CC1SC(C)(C)[C@@H]2CC[C@@H](C)C[C@H]12. The molecule has 1 aliphatic heterocycles. The second-order valence-corrected chi connectivity index (χ2v) is 8.35. The van der Waals surface area contributed by atoms with Gasteiger partial charge in [-0.1, -0.05) is 27.2 Å². The molecule has 0 N–H and O–H groups in total. The molecule has 2 aliphatic rings. The van der Waals surface area contributed by atoms with E-state index in [1.54, 1.807) is 0 Å². The molecule has 104 valence electrons. The molecule has 0 spiro atoms. The van der Waals surface area contributed by atoms with Crippen LogP contribution in [0.25, 0.3) is 0 Å². The summed E-state index contributed by atoms with van der Waals surface area (Å²) in [6.07, 6.45) is 4.60. The van der Waals surface area contributed by atoms with E-state index in [0.29, 0.717) is 23.0 Å². The number of hydrogen-bond acceptors (Lipinski definition) is 3. The molecule has 0 bridgehead atoms. The molecule has 0 aromatic heterocycles. The Morgan fingerprint density at radius 3 is 2.78 bits per heavy atom. The molecular weight excluding hydrogens is 244 g/mol. The summed E-state index contributed by atoms with van der Waals surface area (Å²) in [5.41, 5.74) is 0. The second-order valence-electron chi connectivity index (χ2n) is 6.46. The fraction of sp³-hybridized carbons (Fsp3) is 0.933. The topological polar surface area (TPSA) is 26.3 Å². The van der Waals surface area contributed by atoms with Crippen LogP contribution in [0.4, 0.5) is 0 Å². The van der Waals surface area contributed by atoms with Crippen LogP contribution in [0.15, 0.2) is 0 Å². The molecule has 1 saturated heterocycles. The third-order valence-corrected chi connectivity index (χ3v) is 6.39. The Bertz CT molecular complexity index is 314. The number of hydrogen-bond donors (Lipinski definition) is 0. The molecule has 0 aromatic carbocycles. The van der Waals surface area contributed by atoms with E-state index in [1.807, 2.05) is 18.7 Å². The lowest BCUT2D eigenvalue weighted by Gasteiger charge is -2.36. The third-order valence-electron chi connectivity index (χ3n) is 4.66. The molecule has 1 unspecified atom stereocenters. The zero-order valence-corrected chi connectivity index (χ0v) is 12.9. The molecule has 0 aromatic rings. The summed E-state index contributed by atoms with van der Waals surface area (Å²) >= 11 is 2.03. The van der Waals surface area contributed by atoms with Gasteiger partial charge in [0.1, 0.15) is 0 Å². The van der Waals surface area contributed by atoms with Gasteiger partial charge in [0, 0.05) is 10.00 Å². The standard InChI is InChI=1S/C15H26O2S/c1-5-17-14(16)9-13-11-8-10(2)6-7-12(11)15(3,4)18-13/h10-13H,5-9H2,1-4H3/t10-,11+,12-,13?/m1/s1. The fourth-order valence-corrected chi connectivity index (χ4v) is 5.78. The largest absolute Gasteiger partial charge is 0.466 e. The van der Waals surface area contributed by atoms with Crippen molar-refractivity contribution in [3.63, 3.8) is 0 Å². The highest BCUT2D eigenvalue weighted by Gasteiger charge is 2.50. The quantitative estimate of drug-likeness (QED) is 0.728. The zero-order valence-electron chi connectivity index (χ0n) is 12.1. The minimum absolute atomic E-state index is 0.00956. The molecule has 18 heavy (non-hydrogen) atoms.